The molecule has 0 aromatic heterocycles. The standard InChI is InChI=1S/C11H12BrF4NO/c12-10-2-1-9(13)5-8(10)6-17(3-4-18)7-11(14,15)16/h1-2,5,18H,3-4,6-7H2. The van der Waals surface area contributed by atoms with E-state index in [0.29, 0.717) is 10.0 Å². The zero-order chi connectivity index (χ0) is 13.8. The molecule has 0 aliphatic heterocycles. The number of rotatable bonds is 5. The molecule has 0 atom stereocenters. The van der Waals surface area contributed by atoms with Crippen molar-refractivity contribution in [3.8, 4) is 0 Å². The number of alkyl halides is 3. The quantitative estimate of drug-likeness (QED) is 0.839. The first-order chi connectivity index (χ1) is 8.31. The molecule has 1 N–H and O–H groups in total. The van der Waals surface area contributed by atoms with E-state index in [-0.39, 0.29) is 19.7 Å². The second kappa shape index (κ2) is 6.49. The molecule has 0 amide bonds. The predicted octanol–water partition coefficient (Wildman–Crippen LogP) is 2.94. The van der Waals surface area contributed by atoms with E-state index in [9.17, 15) is 17.6 Å². The monoisotopic (exact) mass is 329 g/mol. The Morgan fingerprint density at radius 1 is 1.28 bits per heavy atom. The molecule has 0 heterocycles. The van der Waals surface area contributed by atoms with Crippen LogP contribution in [-0.2, 0) is 6.54 Å². The summed E-state index contributed by atoms with van der Waals surface area (Å²) in [6, 6.07) is 3.83. The molecule has 0 fully saturated rings. The SMILES string of the molecule is OCCN(Cc1cc(F)ccc1Br)CC(F)(F)F. The lowest BCUT2D eigenvalue weighted by Gasteiger charge is -2.23. The average Bonchev–Trinajstić information content (AvgIpc) is 2.21. The Kier molecular flexibility index (Phi) is 5.55. The lowest BCUT2D eigenvalue weighted by atomic mass is 10.2. The minimum Gasteiger partial charge on any atom is -0.395 e. The van der Waals surface area contributed by atoms with Gasteiger partial charge in [-0.15, -0.1) is 0 Å². The van der Waals surface area contributed by atoms with Crippen LogP contribution in [0.1, 0.15) is 5.56 Å². The Labute approximate surface area is 110 Å². The van der Waals surface area contributed by atoms with Gasteiger partial charge >= 0.3 is 6.18 Å². The van der Waals surface area contributed by atoms with Crippen LogP contribution in [0.5, 0.6) is 0 Å². The van der Waals surface area contributed by atoms with Crippen molar-refractivity contribution >= 4 is 15.9 Å². The molecule has 1 rings (SSSR count). The summed E-state index contributed by atoms with van der Waals surface area (Å²) >= 11 is 3.15. The number of aliphatic hydroxyl groups is 1. The van der Waals surface area contributed by atoms with E-state index in [2.05, 4.69) is 15.9 Å². The highest BCUT2D eigenvalue weighted by Gasteiger charge is 2.30. The van der Waals surface area contributed by atoms with E-state index >= 15 is 0 Å². The molecular weight excluding hydrogens is 318 g/mol. The first-order valence-electron chi connectivity index (χ1n) is 5.15. The maximum Gasteiger partial charge on any atom is 0.401 e. The molecule has 0 spiro atoms. The molecule has 0 bridgehead atoms. The Bertz CT molecular complexity index is 397. The van der Waals surface area contributed by atoms with Gasteiger partial charge in [0.2, 0.25) is 0 Å². The highest BCUT2D eigenvalue weighted by atomic mass is 79.9. The highest BCUT2D eigenvalue weighted by molar-refractivity contribution is 9.10. The molecule has 102 valence electrons. The van der Waals surface area contributed by atoms with E-state index < -0.39 is 18.5 Å². The maximum atomic E-state index is 13.0. The molecule has 0 unspecified atom stereocenters. The van der Waals surface area contributed by atoms with E-state index in [4.69, 9.17) is 5.11 Å². The molecule has 0 aliphatic carbocycles. The number of halogens is 5. The van der Waals surface area contributed by atoms with E-state index in [1.807, 2.05) is 0 Å². The van der Waals surface area contributed by atoms with E-state index in [1.54, 1.807) is 0 Å². The van der Waals surface area contributed by atoms with Crippen molar-refractivity contribution in [3.63, 3.8) is 0 Å². The van der Waals surface area contributed by atoms with Crippen LogP contribution >= 0.6 is 15.9 Å². The molecule has 0 saturated carbocycles. The van der Waals surface area contributed by atoms with Crippen LogP contribution in [0.15, 0.2) is 22.7 Å². The summed E-state index contributed by atoms with van der Waals surface area (Å²) in [6.45, 7) is -1.74. The maximum absolute atomic E-state index is 13.0. The molecule has 0 radical (unpaired) electrons. The largest absolute Gasteiger partial charge is 0.401 e. The molecule has 2 nitrogen and oxygen atoms in total. The number of aliphatic hydroxyl groups excluding tert-OH is 1. The average molecular weight is 330 g/mol. The van der Waals surface area contributed by atoms with Crippen molar-refractivity contribution in [3.05, 3.63) is 34.1 Å². The second-order valence-corrected chi connectivity index (χ2v) is 4.64. The zero-order valence-electron chi connectivity index (χ0n) is 9.34. The number of hydrogen-bond acceptors (Lipinski definition) is 2. The summed E-state index contributed by atoms with van der Waals surface area (Å²) in [6.07, 6.45) is -4.35. The Hall–Kier alpha value is -0.660. The van der Waals surface area contributed by atoms with Gasteiger partial charge in [-0.3, -0.25) is 4.90 Å². The van der Waals surface area contributed by atoms with Crippen LogP contribution in [0.2, 0.25) is 0 Å². The van der Waals surface area contributed by atoms with Gasteiger partial charge in [0.1, 0.15) is 5.82 Å². The van der Waals surface area contributed by atoms with Crippen molar-refractivity contribution in [2.24, 2.45) is 0 Å². The molecule has 0 aliphatic rings. The molecule has 18 heavy (non-hydrogen) atoms. The van der Waals surface area contributed by atoms with Crippen LogP contribution in [-0.4, -0.2) is 35.9 Å². The van der Waals surface area contributed by atoms with Crippen LogP contribution in [0, 0.1) is 5.82 Å². The first kappa shape index (κ1) is 15.4. The van der Waals surface area contributed by atoms with Crippen LogP contribution in [0.4, 0.5) is 17.6 Å². The lowest BCUT2D eigenvalue weighted by molar-refractivity contribution is -0.148. The van der Waals surface area contributed by atoms with E-state index in [0.717, 1.165) is 4.90 Å². The topological polar surface area (TPSA) is 23.5 Å². The fourth-order valence-corrected chi connectivity index (χ4v) is 1.89. The van der Waals surface area contributed by atoms with Gasteiger partial charge in [0.15, 0.2) is 0 Å². The van der Waals surface area contributed by atoms with Crippen molar-refractivity contribution in [1.82, 2.24) is 4.90 Å². The van der Waals surface area contributed by atoms with Gasteiger partial charge < -0.3 is 5.11 Å². The van der Waals surface area contributed by atoms with Gasteiger partial charge in [0, 0.05) is 17.6 Å². The Balaban J connectivity index is 2.79. The predicted molar refractivity (Wildman–Crippen MR) is 62.5 cm³/mol. The normalized spacial score (nSPS) is 12.2. The van der Waals surface area contributed by atoms with Gasteiger partial charge in [-0.05, 0) is 23.8 Å². The smallest absolute Gasteiger partial charge is 0.395 e. The van der Waals surface area contributed by atoms with Gasteiger partial charge in [-0.1, -0.05) is 15.9 Å². The first-order valence-corrected chi connectivity index (χ1v) is 5.95. The van der Waals surface area contributed by atoms with Crippen molar-refractivity contribution in [2.75, 3.05) is 19.7 Å². The Morgan fingerprint density at radius 3 is 2.50 bits per heavy atom. The fraction of sp³-hybridized carbons (Fsp3) is 0.455. The lowest BCUT2D eigenvalue weighted by Crippen LogP contribution is -2.35. The fourth-order valence-electron chi connectivity index (χ4n) is 1.51. The summed E-state index contributed by atoms with van der Waals surface area (Å²) in [5.74, 6) is -0.510. The number of nitrogens with zero attached hydrogens (tertiary/aromatic N) is 1. The third-order valence-corrected chi connectivity index (χ3v) is 2.99. The number of benzene rings is 1. The number of hydrogen-bond donors (Lipinski definition) is 1. The van der Waals surface area contributed by atoms with Crippen molar-refractivity contribution < 1.29 is 22.7 Å². The summed E-state index contributed by atoms with van der Waals surface area (Å²) in [5, 5.41) is 8.74. The minimum absolute atomic E-state index is 0.0849. The summed E-state index contributed by atoms with van der Waals surface area (Å²) < 4.78 is 50.5. The van der Waals surface area contributed by atoms with Crippen LogP contribution in [0.3, 0.4) is 0 Å². The molecule has 0 saturated heterocycles. The Morgan fingerprint density at radius 2 is 1.94 bits per heavy atom. The second-order valence-electron chi connectivity index (χ2n) is 3.79. The van der Waals surface area contributed by atoms with Gasteiger partial charge in [0.25, 0.3) is 0 Å². The third kappa shape index (κ3) is 5.32. The molecule has 7 heteroatoms. The summed E-state index contributed by atoms with van der Waals surface area (Å²) in [5.41, 5.74) is 0.410. The van der Waals surface area contributed by atoms with Crippen LogP contribution < -0.4 is 0 Å². The van der Waals surface area contributed by atoms with Crippen LogP contribution in [0.25, 0.3) is 0 Å². The van der Waals surface area contributed by atoms with Gasteiger partial charge in [-0.25, -0.2) is 4.39 Å². The van der Waals surface area contributed by atoms with Crippen molar-refractivity contribution in [2.45, 2.75) is 12.7 Å². The van der Waals surface area contributed by atoms with Gasteiger partial charge in [-0.2, -0.15) is 13.2 Å². The summed E-state index contributed by atoms with van der Waals surface area (Å²) in [4.78, 5) is 1.01. The molecule has 1 aromatic carbocycles. The molecular formula is C11H12BrF4NO. The highest BCUT2D eigenvalue weighted by Crippen LogP contribution is 2.22. The third-order valence-electron chi connectivity index (χ3n) is 2.22. The van der Waals surface area contributed by atoms with Crippen molar-refractivity contribution in [1.29, 1.82) is 0 Å². The zero-order valence-corrected chi connectivity index (χ0v) is 10.9. The molecule has 1 aromatic rings. The van der Waals surface area contributed by atoms with E-state index in [1.165, 1.54) is 18.2 Å². The van der Waals surface area contributed by atoms with Gasteiger partial charge in [0.05, 0.1) is 13.2 Å². The summed E-state index contributed by atoms with van der Waals surface area (Å²) in [7, 11) is 0. The minimum atomic E-state index is -4.35.